The number of methoxy groups -OCH3 is 1. The maximum absolute atomic E-state index is 13.0. The molecule has 0 N–H and O–H groups in total. The maximum Gasteiger partial charge on any atom is 0.262 e. The fourth-order valence-corrected chi connectivity index (χ4v) is 4.16. The lowest BCUT2D eigenvalue weighted by Crippen LogP contribution is -2.25. The molecule has 0 aliphatic heterocycles. The Morgan fingerprint density at radius 3 is 2.59 bits per heavy atom. The molecule has 0 radical (unpaired) electrons. The predicted molar refractivity (Wildman–Crippen MR) is 118 cm³/mol. The van der Waals surface area contributed by atoms with Crippen molar-refractivity contribution >= 4 is 28.4 Å². The lowest BCUT2D eigenvalue weighted by Gasteiger charge is -2.16. The number of hydrogen-bond acceptors (Lipinski definition) is 5. The summed E-state index contributed by atoms with van der Waals surface area (Å²) in [7, 11) is 1.64. The zero-order chi connectivity index (χ0) is 20.8. The van der Waals surface area contributed by atoms with E-state index in [0.29, 0.717) is 41.2 Å². The molecule has 0 aliphatic rings. The van der Waals surface area contributed by atoms with Crippen molar-refractivity contribution in [1.29, 1.82) is 0 Å². The van der Waals surface area contributed by atoms with E-state index in [2.05, 4.69) is 6.92 Å². The van der Waals surface area contributed by atoms with Crippen LogP contribution in [0.3, 0.4) is 0 Å². The zero-order valence-electron chi connectivity index (χ0n) is 17.1. The van der Waals surface area contributed by atoms with Crippen molar-refractivity contribution in [2.24, 2.45) is 0 Å². The highest BCUT2D eigenvalue weighted by molar-refractivity contribution is 8.00. The molecule has 0 bridgehead atoms. The highest BCUT2D eigenvalue weighted by Gasteiger charge is 2.20. The van der Waals surface area contributed by atoms with Crippen LogP contribution in [0.4, 0.5) is 0 Å². The van der Waals surface area contributed by atoms with Crippen LogP contribution in [-0.4, -0.2) is 34.3 Å². The molecular weight excluding hydrogens is 384 g/mol. The molecule has 0 spiro atoms. The van der Waals surface area contributed by atoms with Gasteiger partial charge in [-0.1, -0.05) is 55.1 Å². The highest BCUT2D eigenvalue weighted by atomic mass is 32.2. The largest absolute Gasteiger partial charge is 0.385 e. The van der Waals surface area contributed by atoms with Crippen LogP contribution < -0.4 is 5.56 Å². The molecule has 0 amide bonds. The van der Waals surface area contributed by atoms with Crippen LogP contribution >= 0.6 is 11.8 Å². The van der Waals surface area contributed by atoms with Gasteiger partial charge in [0.05, 0.1) is 16.2 Å². The number of nitrogens with zero attached hydrogens (tertiary/aromatic N) is 2. The SMILES string of the molecule is CCc1ccc(C(=O)C(C)Sc2nc3ccccc3c(=O)n2CCCOC)cc1. The minimum absolute atomic E-state index is 0.0310. The Morgan fingerprint density at radius 1 is 1.17 bits per heavy atom. The van der Waals surface area contributed by atoms with Crippen LogP contribution in [0.2, 0.25) is 0 Å². The third kappa shape index (κ3) is 4.95. The first-order valence-electron chi connectivity index (χ1n) is 9.83. The summed E-state index contributed by atoms with van der Waals surface area (Å²) < 4.78 is 6.79. The van der Waals surface area contributed by atoms with Gasteiger partial charge in [-0.15, -0.1) is 0 Å². The van der Waals surface area contributed by atoms with Crippen molar-refractivity contribution in [3.05, 3.63) is 70.0 Å². The van der Waals surface area contributed by atoms with Gasteiger partial charge in [0.15, 0.2) is 10.9 Å². The Balaban J connectivity index is 1.91. The maximum atomic E-state index is 13.0. The van der Waals surface area contributed by atoms with Crippen molar-refractivity contribution in [2.75, 3.05) is 13.7 Å². The van der Waals surface area contributed by atoms with Crippen molar-refractivity contribution in [3.8, 4) is 0 Å². The number of aromatic nitrogens is 2. The van der Waals surface area contributed by atoms with Crippen LogP contribution in [0.15, 0.2) is 58.5 Å². The van der Waals surface area contributed by atoms with Gasteiger partial charge in [0, 0.05) is 25.8 Å². The van der Waals surface area contributed by atoms with Crippen LogP contribution in [0.1, 0.15) is 36.2 Å². The van der Waals surface area contributed by atoms with Crippen molar-refractivity contribution in [2.45, 2.75) is 43.6 Å². The number of carbonyl (C=O) groups excluding carboxylic acids is 1. The summed E-state index contributed by atoms with van der Waals surface area (Å²) in [5, 5.41) is 0.795. The van der Waals surface area contributed by atoms with E-state index in [1.54, 1.807) is 17.7 Å². The molecule has 0 saturated carbocycles. The van der Waals surface area contributed by atoms with Crippen molar-refractivity contribution < 1.29 is 9.53 Å². The van der Waals surface area contributed by atoms with Crippen molar-refractivity contribution in [1.82, 2.24) is 9.55 Å². The van der Waals surface area contributed by atoms with Gasteiger partial charge in [0.1, 0.15) is 0 Å². The second-order valence-corrected chi connectivity index (χ2v) is 8.20. The summed E-state index contributed by atoms with van der Waals surface area (Å²) in [5.41, 5.74) is 2.44. The van der Waals surface area contributed by atoms with E-state index >= 15 is 0 Å². The monoisotopic (exact) mass is 410 g/mol. The smallest absolute Gasteiger partial charge is 0.262 e. The molecule has 1 heterocycles. The number of para-hydroxylation sites is 1. The first-order valence-corrected chi connectivity index (χ1v) is 10.7. The molecule has 0 saturated heterocycles. The zero-order valence-corrected chi connectivity index (χ0v) is 17.9. The van der Waals surface area contributed by atoms with Gasteiger partial charge in [0.2, 0.25) is 0 Å². The number of thioether (sulfide) groups is 1. The van der Waals surface area contributed by atoms with E-state index in [0.717, 1.165) is 6.42 Å². The van der Waals surface area contributed by atoms with E-state index in [4.69, 9.17) is 9.72 Å². The van der Waals surface area contributed by atoms with Crippen LogP contribution in [0.5, 0.6) is 0 Å². The molecule has 5 nitrogen and oxygen atoms in total. The Kier molecular flexibility index (Phi) is 7.23. The van der Waals surface area contributed by atoms with E-state index in [-0.39, 0.29) is 16.6 Å². The molecule has 6 heteroatoms. The number of benzene rings is 2. The Labute approximate surface area is 175 Å². The fourth-order valence-electron chi connectivity index (χ4n) is 3.15. The second-order valence-electron chi connectivity index (χ2n) is 6.89. The number of aryl methyl sites for hydroxylation is 1. The van der Waals surface area contributed by atoms with E-state index in [1.165, 1.54) is 17.3 Å². The first-order chi connectivity index (χ1) is 14.0. The molecule has 152 valence electrons. The Bertz CT molecular complexity index is 1040. The number of Topliss-reactive ketones (excluding diaryl/α,β-unsaturated/α-hetero) is 1. The minimum Gasteiger partial charge on any atom is -0.385 e. The molecule has 1 atom stereocenters. The highest BCUT2D eigenvalue weighted by Crippen LogP contribution is 2.25. The van der Waals surface area contributed by atoms with E-state index in [1.807, 2.05) is 49.4 Å². The number of ketones is 1. The van der Waals surface area contributed by atoms with Gasteiger partial charge in [0.25, 0.3) is 5.56 Å². The molecule has 0 fully saturated rings. The third-order valence-electron chi connectivity index (χ3n) is 4.85. The van der Waals surface area contributed by atoms with Gasteiger partial charge in [-0.25, -0.2) is 4.98 Å². The molecule has 29 heavy (non-hydrogen) atoms. The number of hydrogen-bond donors (Lipinski definition) is 0. The summed E-state index contributed by atoms with van der Waals surface area (Å²) in [6.07, 6.45) is 1.64. The molecule has 1 aromatic heterocycles. The third-order valence-corrected chi connectivity index (χ3v) is 5.95. The number of rotatable bonds is 9. The fraction of sp³-hybridized carbons (Fsp3) is 0.348. The van der Waals surface area contributed by atoms with E-state index < -0.39 is 0 Å². The van der Waals surface area contributed by atoms with Gasteiger partial charge in [-0.3, -0.25) is 14.2 Å². The van der Waals surface area contributed by atoms with Crippen LogP contribution in [0, 0.1) is 0 Å². The average Bonchev–Trinajstić information content (AvgIpc) is 2.75. The molecule has 3 aromatic rings. The summed E-state index contributed by atoms with van der Waals surface area (Å²) in [5.74, 6) is 0.0310. The van der Waals surface area contributed by atoms with Gasteiger partial charge in [-0.05, 0) is 37.5 Å². The number of carbonyl (C=O) groups is 1. The topological polar surface area (TPSA) is 61.2 Å². The minimum atomic E-state index is -0.357. The lowest BCUT2D eigenvalue weighted by atomic mass is 10.1. The number of ether oxygens (including phenoxy) is 1. The quantitative estimate of drug-likeness (QED) is 0.227. The molecule has 1 unspecified atom stereocenters. The molecular formula is C23H26N2O3S. The van der Waals surface area contributed by atoms with Crippen LogP contribution in [-0.2, 0) is 17.7 Å². The average molecular weight is 411 g/mol. The Morgan fingerprint density at radius 2 is 1.90 bits per heavy atom. The van der Waals surface area contributed by atoms with Gasteiger partial charge in [-0.2, -0.15) is 0 Å². The van der Waals surface area contributed by atoms with E-state index in [9.17, 15) is 9.59 Å². The summed E-state index contributed by atoms with van der Waals surface area (Å²) in [6.45, 7) is 5.01. The van der Waals surface area contributed by atoms with Crippen molar-refractivity contribution in [3.63, 3.8) is 0 Å². The number of fused-ring (bicyclic) bond motifs is 1. The standard InChI is InChI=1S/C23H26N2O3S/c1-4-17-10-12-18(13-11-17)21(26)16(2)29-23-24-20-9-6-5-8-19(20)22(27)25(23)14-7-15-28-3/h5-6,8-13,16H,4,7,14-15H2,1-3H3. The molecule has 2 aromatic carbocycles. The first kappa shape index (κ1) is 21.3. The summed E-state index contributed by atoms with van der Waals surface area (Å²) >= 11 is 1.33. The summed E-state index contributed by atoms with van der Waals surface area (Å²) in [4.78, 5) is 30.6. The van der Waals surface area contributed by atoms with Gasteiger partial charge < -0.3 is 4.74 Å². The van der Waals surface area contributed by atoms with Crippen LogP contribution in [0.25, 0.3) is 10.9 Å². The summed E-state index contributed by atoms with van der Waals surface area (Å²) in [6, 6.07) is 15.0. The van der Waals surface area contributed by atoms with Gasteiger partial charge >= 0.3 is 0 Å². The molecule has 3 rings (SSSR count). The Hall–Kier alpha value is -2.44. The molecule has 0 aliphatic carbocycles. The lowest BCUT2D eigenvalue weighted by molar-refractivity contribution is 0.0993. The predicted octanol–water partition coefficient (Wildman–Crippen LogP) is 4.36. The second kappa shape index (κ2) is 9.85. The normalized spacial score (nSPS) is 12.2.